The molecule has 0 radical (unpaired) electrons. The van der Waals surface area contributed by atoms with E-state index < -0.39 is 44.7 Å². The lowest BCUT2D eigenvalue weighted by atomic mass is 9.99. The summed E-state index contributed by atoms with van der Waals surface area (Å²) in [5.74, 6) is -4.25. The maximum Gasteiger partial charge on any atom is 0.301 e. The molecule has 30 heavy (non-hydrogen) atoms. The van der Waals surface area contributed by atoms with Crippen LogP contribution in [-0.4, -0.2) is 41.6 Å². The van der Waals surface area contributed by atoms with Crippen molar-refractivity contribution >= 4 is 32.7 Å². The minimum Gasteiger partial charge on any atom is -0.345 e. The highest BCUT2D eigenvalue weighted by Gasteiger charge is 2.29. The first-order valence-corrected chi connectivity index (χ1v) is 10.6. The molecule has 2 aromatic heterocycles. The summed E-state index contributed by atoms with van der Waals surface area (Å²) in [4.78, 5) is 19.5. The number of nitrogens with one attached hydrogen (secondary N) is 2. The molecule has 158 valence electrons. The molecule has 0 bridgehead atoms. The molecule has 7 nitrogen and oxygen atoms in total. The molecule has 2 N–H and O–H groups in total. The van der Waals surface area contributed by atoms with Gasteiger partial charge in [-0.15, -0.1) is 0 Å². The SMILES string of the molecule is Cc1c(F)cnc2[nH]cc(C(=O)c3c(F)ccc(NS(=O)(=O)N4CCCC4)c3F)c12. The maximum absolute atomic E-state index is 15.1. The largest absolute Gasteiger partial charge is 0.345 e. The van der Waals surface area contributed by atoms with Gasteiger partial charge in [-0.05, 0) is 37.5 Å². The Balaban J connectivity index is 1.78. The molecule has 0 amide bonds. The molecule has 0 spiro atoms. The number of nitrogens with zero attached hydrogens (tertiary/aromatic N) is 2. The molecule has 3 aromatic rings. The van der Waals surface area contributed by atoms with Crippen LogP contribution >= 0.6 is 0 Å². The van der Waals surface area contributed by atoms with Crippen LogP contribution in [-0.2, 0) is 10.2 Å². The standard InChI is InChI=1S/C19H17F3N4O3S/c1-10-13(21)9-24-19-15(10)11(8-23-19)18(27)16-12(20)4-5-14(17(16)22)25-30(28,29)26-6-2-3-7-26/h4-5,8-9,25H,2-3,6-7H2,1H3,(H,23,24). The zero-order chi connectivity index (χ0) is 21.6. The summed E-state index contributed by atoms with van der Waals surface area (Å²) in [5.41, 5.74) is -1.39. The monoisotopic (exact) mass is 438 g/mol. The predicted octanol–water partition coefficient (Wildman–Crippen LogP) is 3.27. The summed E-state index contributed by atoms with van der Waals surface area (Å²) >= 11 is 0. The Morgan fingerprint density at radius 2 is 1.87 bits per heavy atom. The van der Waals surface area contributed by atoms with E-state index in [4.69, 9.17) is 0 Å². The number of benzene rings is 1. The number of carbonyl (C=O) groups is 1. The number of carbonyl (C=O) groups excluding carboxylic acids is 1. The number of H-pyrrole nitrogens is 1. The van der Waals surface area contributed by atoms with Crippen LogP contribution in [0.25, 0.3) is 11.0 Å². The van der Waals surface area contributed by atoms with Crippen LogP contribution in [0.5, 0.6) is 0 Å². The molecule has 11 heteroatoms. The van der Waals surface area contributed by atoms with Crippen molar-refractivity contribution in [3.63, 3.8) is 0 Å². The highest BCUT2D eigenvalue weighted by molar-refractivity contribution is 7.90. The number of anilines is 1. The number of rotatable bonds is 5. The summed E-state index contributed by atoms with van der Waals surface area (Å²) in [7, 11) is -4.05. The number of fused-ring (bicyclic) bond motifs is 1. The van der Waals surface area contributed by atoms with Crippen molar-refractivity contribution in [1.82, 2.24) is 14.3 Å². The molecule has 1 aromatic carbocycles. The van der Waals surface area contributed by atoms with E-state index in [0.717, 1.165) is 22.6 Å². The van der Waals surface area contributed by atoms with Gasteiger partial charge in [-0.3, -0.25) is 9.52 Å². The van der Waals surface area contributed by atoms with Crippen LogP contribution in [0, 0.1) is 24.4 Å². The van der Waals surface area contributed by atoms with Gasteiger partial charge in [0.2, 0.25) is 5.78 Å². The number of aryl methyl sites for hydroxylation is 1. The number of aromatic nitrogens is 2. The van der Waals surface area contributed by atoms with Crippen molar-refractivity contribution in [3.05, 3.63) is 58.7 Å². The lowest BCUT2D eigenvalue weighted by Crippen LogP contribution is -2.33. The zero-order valence-electron chi connectivity index (χ0n) is 15.8. The predicted molar refractivity (Wildman–Crippen MR) is 104 cm³/mol. The van der Waals surface area contributed by atoms with Crippen LogP contribution in [0.4, 0.5) is 18.9 Å². The van der Waals surface area contributed by atoms with Gasteiger partial charge in [-0.2, -0.15) is 12.7 Å². The Kier molecular flexibility index (Phi) is 5.02. The third-order valence-electron chi connectivity index (χ3n) is 5.11. The second-order valence-electron chi connectivity index (χ2n) is 6.98. The van der Waals surface area contributed by atoms with Crippen molar-refractivity contribution in [3.8, 4) is 0 Å². The van der Waals surface area contributed by atoms with E-state index >= 15 is 4.39 Å². The Bertz CT molecular complexity index is 1270. The van der Waals surface area contributed by atoms with E-state index in [9.17, 15) is 22.0 Å². The summed E-state index contributed by atoms with van der Waals surface area (Å²) in [6.07, 6.45) is 3.52. The maximum atomic E-state index is 15.1. The topological polar surface area (TPSA) is 95.2 Å². The molecule has 1 aliphatic rings. The lowest BCUT2D eigenvalue weighted by Gasteiger charge is -2.18. The molecule has 1 aliphatic heterocycles. The Morgan fingerprint density at radius 1 is 1.17 bits per heavy atom. The van der Waals surface area contributed by atoms with Crippen LogP contribution in [0.3, 0.4) is 0 Å². The van der Waals surface area contributed by atoms with Crippen LogP contribution in [0.2, 0.25) is 0 Å². The normalized spacial score (nSPS) is 15.1. The van der Waals surface area contributed by atoms with Gasteiger partial charge in [0.05, 0.1) is 23.0 Å². The first kappa shape index (κ1) is 20.4. The van der Waals surface area contributed by atoms with E-state index in [1.807, 2.05) is 0 Å². The van der Waals surface area contributed by atoms with Gasteiger partial charge in [0.15, 0.2) is 5.82 Å². The average molecular weight is 438 g/mol. The Labute approximate surface area is 170 Å². The van der Waals surface area contributed by atoms with Crippen molar-refractivity contribution in [2.75, 3.05) is 17.8 Å². The van der Waals surface area contributed by atoms with Gasteiger partial charge >= 0.3 is 10.2 Å². The fourth-order valence-corrected chi connectivity index (χ4v) is 4.82. The zero-order valence-corrected chi connectivity index (χ0v) is 16.6. The number of halogens is 3. The number of hydrogen-bond donors (Lipinski definition) is 2. The number of aromatic amines is 1. The van der Waals surface area contributed by atoms with Gasteiger partial charge in [-0.25, -0.2) is 18.2 Å². The van der Waals surface area contributed by atoms with Crippen molar-refractivity contribution in [2.24, 2.45) is 0 Å². The summed E-state index contributed by atoms with van der Waals surface area (Å²) in [6, 6.07) is 1.72. The first-order valence-electron chi connectivity index (χ1n) is 9.13. The molecular formula is C19H17F3N4O3S. The Morgan fingerprint density at radius 3 is 2.57 bits per heavy atom. The molecule has 0 unspecified atom stereocenters. The summed E-state index contributed by atoms with van der Waals surface area (Å²) in [6.45, 7) is 1.99. The number of ketones is 1. The van der Waals surface area contributed by atoms with Crippen molar-refractivity contribution < 1.29 is 26.4 Å². The van der Waals surface area contributed by atoms with Crippen LogP contribution < -0.4 is 4.72 Å². The molecule has 3 heterocycles. The highest BCUT2D eigenvalue weighted by Crippen LogP contribution is 2.29. The van der Waals surface area contributed by atoms with Gasteiger partial charge in [0.1, 0.15) is 17.3 Å². The minimum absolute atomic E-state index is 0.0938. The fourth-order valence-electron chi connectivity index (χ4n) is 3.52. The first-order chi connectivity index (χ1) is 14.2. The minimum atomic E-state index is -4.05. The van der Waals surface area contributed by atoms with E-state index in [0.29, 0.717) is 12.8 Å². The lowest BCUT2D eigenvalue weighted by molar-refractivity contribution is 0.103. The average Bonchev–Trinajstić information content (AvgIpc) is 3.37. The number of hydrogen-bond acceptors (Lipinski definition) is 4. The smallest absolute Gasteiger partial charge is 0.301 e. The van der Waals surface area contributed by atoms with E-state index in [-0.39, 0.29) is 35.2 Å². The van der Waals surface area contributed by atoms with Crippen molar-refractivity contribution in [1.29, 1.82) is 0 Å². The molecule has 0 atom stereocenters. The summed E-state index contributed by atoms with van der Waals surface area (Å²) < 4.78 is 71.5. The third kappa shape index (κ3) is 3.33. The van der Waals surface area contributed by atoms with Gasteiger partial charge in [-0.1, -0.05) is 0 Å². The second-order valence-corrected chi connectivity index (χ2v) is 8.65. The van der Waals surface area contributed by atoms with Gasteiger partial charge < -0.3 is 4.98 Å². The van der Waals surface area contributed by atoms with Crippen molar-refractivity contribution in [2.45, 2.75) is 19.8 Å². The fraction of sp³-hybridized carbons (Fsp3) is 0.263. The quantitative estimate of drug-likeness (QED) is 0.598. The molecule has 4 rings (SSSR count). The van der Waals surface area contributed by atoms with Crippen LogP contribution in [0.15, 0.2) is 24.5 Å². The van der Waals surface area contributed by atoms with Gasteiger partial charge in [0.25, 0.3) is 0 Å². The molecule has 0 saturated carbocycles. The Hall–Kier alpha value is -2.92. The molecule has 1 saturated heterocycles. The highest BCUT2D eigenvalue weighted by atomic mass is 32.2. The van der Waals surface area contributed by atoms with E-state index in [1.165, 1.54) is 13.1 Å². The van der Waals surface area contributed by atoms with E-state index in [2.05, 4.69) is 14.7 Å². The van der Waals surface area contributed by atoms with E-state index in [1.54, 1.807) is 0 Å². The van der Waals surface area contributed by atoms with Crippen LogP contribution in [0.1, 0.15) is 34.3 Å². The molecular weight excluding hydrogens is 421 g/mol. The number of pyridine rings is 1. The molecule has 1 fully saturated rings. The summed E-state index contributed by atoms with van der Waals surface area (Å²) in [5, 5.41) is 0.0989. The molecule has 0 aliphatic carbocycles. The third-order valence-corrected chi connectivity index (χ3v) is 6.63. The second kappa shape index (κ2) is 7.40. The van der Waals surface area contributed by atoms with Gasteiger partial charge in [0, 0.05) is 24.7 Å².